The molecule has 1 heterocycles. The molecule has 0 aromatic carbocycles. The summed E-state index contributed by atoms with van der Waals surface area (Å²) in [4.78, 5) is 4.34. The van der Waals surface area contributed by atoms with E-state index in [1.165, 1.54) is 0 Å². The van der Waals surface area contributed by atoms with Gasteiger partial charge in [-0.25, -0.2) is 0 Å². The van der Waals surface area contributed by atoms with Gasteiger partial charge in [0.1, 0.15) is 5.75 Å². The van der Waals surface area contributed by atoms with Gasteiger partial charge in [-0.1, -0.05) is 0 Å². The highest BCUT2D eigenvalue weighted by molar-refractivity contribution is 5.27. The van der Waals surface area contributed by atoms with Crippen molar-refractivity contribution in [2.75, 3.05) is 6.54 Å². The number of hydrogen-bond acceptors (Lipinski definition) is 4. The fraction of sp³-hybridized carbons (Fsp3) is 0.615. The first-order chi connectivity index (χ1) is 8.13. The summed E-state index contributed by atoms with van der Waals surface area (Å²) in [5.74, 6) is 0.839. The number of aromatic nitrogens is 1. The Morgan fingerprint density at radius 1 is 1.41 bits per heavy atom. The maximum atomic E-state index is 6.04. The van der Waals surface area contributed by atoms with E-state index in [1.54, 1.807) is 6.20 Å². The molecule has 96 valence electrons. The number of hydrogen-bond donors (Lipinski definition) is 2. The molecule has 4 heteroatoms. The van der Waals surface area contributed by atoms with Crippen LogP contribution in [-0.2, 0) is 6.42 Å². The Labute approximate surface area is 103 Å². The Balaban J connectivity index is 2.62. The van der Waals surface area contributed by atoms with E-state index in [4.69, 9.17) is 16.2 Å². The topological polar surface area (TPSA) is 74.2 Å². The van der Waals surface area contributed by atoms with Crippen LogP contribution < -0.4 is 16.2 Å². The van der Waals surface area contributed by atoms with E-state index in [0.717, 1.165) is 30.7 Å². The lowest BCUT2D eigenvalue weighted by atomic mass is 10.1. The summed E-state index contributed by atoms with van der Waals surface area (Å²) in [6.45, 7) is 4.70. The van der Waals surface area contributed by atoms with Crippen LogP contribution in [0.3, 0.4) is 0 Å². The minimum Gasteiger partial charge on any atom is -0.489 e. The molecule has 0 amide bonds. The van der Waals surface area contributed by atoms with Crippen LogP contribution in [0.5, 0.6) is 5.75 Å². The standard InChI is InChI=1S/C13H23N3O/c1-10(2)17-13-6-4-8-16-12(13)9-11(15)5-3-7-14/h4,6,8,10-11H,3,5,7,9,14-15H2,1-2H3. The maximum Gasteiger partial charge on any atom is 0.141 e. The maximum absolute atomic E-state index is 6.04. The lowest BCUT2D eigenvalue weighted by Crippen LogP contribution is -2.25. The summed E-state index contributed by atoms with van der Waals surface area (Å²) < 4.78 is 5.71. The van der Waals surface area contributed by atoms with Gasteiger partial charge in [-0.3, -0.25) is 4.98 Å². The molecule has 0 saturated heterocycles. The Bertz CT molecular complexity index is 328. The van der Waals surface area contributed by atoms with Crippen LogP contribution in [0.1, 0.15) is 32.4 Å². The van der Waals surface area contributed by atoms with Crippen molar-refractivity contribution in [1.29, 1.82) is 0 Å². The van der Waals surface area contributed by atoms with Gasteiger partial charge in [0, 0.05) is 18.7 Å². The molecular formula is C13H23N3O. The van der Waals surface area contributed by atoms with Crippen molar-refractivity contribution in [3.63, 3.8) is 0 Å². The second-order valence-corrected chi connectivity index (χ2v) is 4.51. The minimum absolute atomic E-state index is 0.1000. The number of rotatable bonds is 7. The molecule has 0 aliphatic rings. The number of ether oxygens (including phenoxy) is 1. The van der Waals surface area contributed by atoms with E-state index in [9.17, 15) is 0 Å². The van der Waals surface area contributed by atoms with Crippen molar-refractivity contribution in [3.8, 4) is 5.75 Å². The zero-order chi connectivity index (χ0) is 12.7. The molecule has 0 aliphatic heterocycles. The van der Waals surface area contributed by atoms with Crippen LogP contribution in [0, 0.1) is 0 Å². The molecular weight excluding hydrogens is 214 g/mol. The highest BCUT2D eigenvalue weighted by atomic mass is 16.5. The van der Waals surface area contributed by atoms with Gasteiger partial charge in [0.2, 0.25) is 0 Å². The van der Waals surface area contributed by atoms with Crippen LogP contribution in [0.25, 0.3) is 0 Å². The molecule has 4 nitrogen and oxygen atoms in total. The first-order valence-electron chi connectivity index (χ1n) is 6.19. The summed E-state index contributed by atoms with van der Waals surface area (Å²) in [7, 11) is 0. The third-order valence-corrected chi connectivity index (χ3v) is 2.45. The van der Waals surface area contributed by atoms with Crippen molar-refractivity contribution >= 4 is 0 Å². The second-order valence-electron chi connectivity index (χ2n) is 4.51. The predicted molar refractivity (Wildman–Crippen MR) is 70.0 cm³/mol. The molecule has 0 radical (unpaired) electrons. The molecule has 0 aliphatic carbocycles. The van der Waals surface area contributed by atoms with Crippen LogP contribution in [-0.4, -0.2) is 23.7 Å². The smallest absolute Gasteiger partial charge is 0.141 e. The van der Waals surface area contributed by atoms with Crippen molar-refractivity contribution in [2.24, 2.45) is 11.5 Å². The summed E-state index contributed by atoms with van der Waals surface area (Å²) in [5, 5.41) is 0. The number of nitrogens with zero attached hydrogens (tertiary/aromatic N) is 1. The van der Waals surface area contributed by atoms with Gasteiger partial charge in [-0.15, -0.1) is 0 Å². The van der Waals surface area contributed by atoms with E-state index < -0.39 is 0 Å². The van der Waals surface area contributed by atoms with Crippen molar-refractivity contribution in [1.82, 2.24) is 4.98 Å². The van der Waals surface area contributed by atoms with Crippen LogP contribution in [0.4, 0.5) is 0 Å². The normalized spacial score (nSPS) is 12.8. The third-order valence-electron chi connectivity index (χ3n) is 2.45. The first kappa shape index (κ1) is 13.9. The lowest BCUT2D eigenvalue weighted by molar-refractivity contribution is 0.238. The molecule has 1 atom stereocenters. The highest BCUT2D eigenvalue weighted by Gasteiger charge is 2.10. The van der Waals surface area contributed by atoms with E-state index in [1.807, 2.05) is 26.0 Å². The average Bonchev–Trinajstić information content (AvgIpc) is 2.28. The third kappa shape index (κ3) is 5.15. The molecule has 17 heavy (non-hydrogen) atoms. The molecule has 0 fully saturated rings. The molecule has 1 aromatic rings. The monoisotopic (exact) mass is 237 g/mol. The number of pyridine rings is 1. The van der Waals surface area contributed by atoms with Gasteiger partial charge in [-0.2, -0.15) is 0 Å². The van der Waals surface area contributed by atoms with Crippen molar-refractivity contribution in [3.05, 3.63) is 24.0 Å². The molecule has 1 unspecified atom stereocenters. The van der Waals surface area contributed by atoms with Crippen LogP contribution in [0.15, 0.2) is 18.3 Å². The summed E-state index contributed by atoms with van der Waals surface area (Å²) in [6, 6.07) is 3.92. The fourth-order valence-electron chi connectivity index (χ4n) is 1.67. The average molecular weight is 237 g/mol. The molecule has 0 bridgehead atoms. The summed E-state index contributed by atoms with van der Waals surface area (Å²) >= 11 is 0. The quantitative estimate of drug-likeness (QED) is 0.753. The second kappa shape index (κ2) is 7.25. The van der Waals surface area contributed by atoms with E-state index >= 15 is 0 Å². The first-order valence-corrected chi connectivity index (χ1v) is 6.19. The van der Waals surface area contributed by atoms with E-state index in [2.05, 4.69) is 4.98 Å². The van der Waals surface area contributed by atoms with Crippen LogP contribution >= 0.6 is 0 Å². The SMILES string of the molecule is CC(C)Oc1cccnc1CC(N)CCCN. The molecule has 0 spiro atoms. The lowest BCUT2D eigenvalue weighted by Gasteiger charge is -2.16. The van der Waals surface area contributed by atoms with Gasteiger partial charge < -0.3 is 16.2 Å². The Morgan fingerprint density at radius 2 is 2.18 bits per heavy atom. The highest BCUT2D eigenvalue weighted by Crippen LogP contribution is 2.18. The van der Waals surface area contributed by atoms with E-state index in [0.29, 0.717) is 6.54 Å². The Morgan fingerprint density at radius 3 is 2.82 bits per heavy atom. The van der Waals surface area contributed by atoms with Crippen molar-refractivity contribution in [2.45, 2.75) is 45.3 Å². The largest absolute Gasteiger partial charge is 0.489 e. The molecule has 0 saturated carbocycles. The van der Waals surface area contributed by atoms with Gasteiger partial charge in [0.15, 0.2) is 0 Å². The Kier molecular flexibility index (Phi) is 5.94. The zero-order valence-corrected chi connectivity index (χ0v) is 10.7. The molecule has 4 N–H and O–H groups in total. The minimum atomic E-state index is 0.1000. The van der Waals surface area contributed by atoms with Crippen molar-refractivity contribution < 1.29 is 4.74 Å². The summed E-state index contributed by atoms with van der Waals surface area (Å²) in [5.41, 5.74) is 12.4. The van der Waals surface area contributed by atoms with Gasteiger partial charge in [0.05, 0.1) is 11.8 Å². The Hall–Kier alpha value is -1.13. The summed E-state index contributed by atoms with van der Waals surface area (Å²) in [6.07, 6.45) is 4.54. The van der Waals surface area contributed by atoms with Gasteiger partial charge in [0.25, 0.3) is 0 Å². The zero-order valence-electron chi connectivity index (χ0n) is 10.7. The van der Waals surface area contributed by atoms with Gasteiger partial charge in [-0.05, 0) is 45.4 Å². The molecule has 1 rings (SSSR count). The molecule has 1 aromatic heterocycles. The van der Waals surface area contributed by atoms with Crippen LogP contribution in [0.2, 0.25) is 0 Å². The van der Waals surface area contributed by atoms with E-state index in [-0.39, 0.29) is 12.1 Å². The van der Waals surface area contributed by atoms with Gasteiger partial charge >= 0.3 is 0 Å². The fourth-order valence-corrected chi connectivity index (χ4v) is 1.67. The number of nitrogens with two attached hydrogens (primary N) is 2. The predicted octanol–water partition coefficient (Wildman–Crippen LogP) is 1.48.